The first-order valence-corrected chi connectivity index (χ1v) is 4.81. The molecule has 0 fully saturated rings. The van der Waals surface area contributed by atoms with Crippen LogP contribution in [0.4, 0.5) is 18.9 Å². The van der Waals surface area contributed by atoms with Crippen LogP contribution in [-0.2, 0) is 0 Å². The maximum absolute atomic E-state index is 11.8. The minimum absolute atomic E-state index is 0.367. The van der Waals surface area contributed by atoms with Gasteiger partial charge in [-0.1, -0.05) is 11.6 Å². The second-order valence-electron chi connectivity index (χ2n) is 2.59. The van der Waals surface area contributed by atoms with E-state index in [2.05, 4.69) is 21.2 Å². The summed E-state index contributed by atoms with van der Waals surface area (Å²) in [5.41, 5.74) is 0.367. The lowest BCUT2D eigenvalue weighted by molar-refractivity contribution is -0.115. The molecule has 0 aliphatic heterocycles. The summed E-state index contributed by atoms with van der Waals surface area (Å²) < 4.78 is 36.1. The third kappa shape index (κ3) is 3.75. The van der Waals surface area contributed by atoms with Crippen molar-refractivity contribution in [3.05, 3.63) is 27.7 Å². The lowest BCUT2D eigenvalue weighted by Gasteiger charge is -2.10. The summed E-state index contributed by atoms with van der Waals surface area (Å²) in [7, 11) is 0. The predicted molar refractivity (Wildman–Crippen MR) is 53.7 cm³/mol. The fourth-order valence-electron chi connectivity index (χ4n) is 0.828. The van der Waals surface area contributed by atoms with Gasteiger partial charge in [0.15, 0.2) is 0 Å². The van der Waals surface area contributed by atoms with Gasteiger partial charge < -0.3 is 5.32 Å². The van der Waals surface area contributed by atoms with Crippen LogP contribution in [0.2, 0.25) is 5.02 Å². The molecule has 1 aromatic carbocycles. The molecule has 1 nitrogen and oxygen atoms in total. The Morgan fingerprint density at radius 1 is 1.36 bits per heavy atom. The maximum atomic E-state index is 11.8. The van der Waals surface area contributed by atoms with Crippen molar-refractivity contribution < 1.29 is 13.2 Å². The Hall–Kier alpha value is -0.420. The number of hydrogen-bond acceptors (Lipinski definition) is 1. The minimum Gasteiger partial charge on any atom is -0.376 e. The van der Waals surface area contributed by atoms with E-state index in [-0.39, 0.29) is 0 Å². The first-order valence-electron chi connectivity index (χ1n) is 3.64. The average molecular weight is 288 g/mol. The molecule has 0 aromatic heterocycles. The lowest BCUT2D eigenvalue weighted by atomic mass is 10.3. The molecule has 0 saturated carbocycles. The van der Waals surface area contributed by atoms with Gasteiger partial charge in [-0.15, -0.1) is 0 Å². The third-order valence-electron chi connectivity index (χ3n) is 1.41. The van der Waals surface area contributed by atoms with Gasteiger partial charge in [-0.05, 0) is 34.1 Å². The topological polar surface area (TPSA) is 12.0 Å². The second kappa shape index (κ2) is 4.40. The average Bonchev–Trinajstić information content (AvgIpc) is 2.00. The molecule has 1 N–H and O–H groups in total. The zero-order chi connectivity index (χ0) is 10.8. The SMILES string of the molecule is FC(F)(F)CNc1ccc(Cl)cc1Br. The smallest absolute Gasteiger partial charge is 0.376 e. The normalized spacial score (nSPS) is 11.5. The Morgan fingerprint density at radius 2 is 2.00 bits per heavy atom. The quantitative estimate of drug-likeness (QED) is 0.865. The molecule has 0 aliphatic carbocycles. The first-order chi connectivity index (χ1) is 6.38. The number of benzene rings is 1. The molecule has 0 saturated heterocycles. The molecule has 1 aromatic rings. The molecular formula is C8H6BrClF3N. The fraction of sp³-hybridized carbons (Fsp3) is 0.250. The molecule has 0 bridgehead atoms. The Labute approximate surface area is 92.4 Å². The van der Waals surface area contributed by atoms with E-state index >= 15 is 0 Å². The molecule has 0 unspecified atom stereocenters. The van der Waals surface area contributed by atoms with Gasteiger partial charge in [-0.2, -0.15) is 13.2 Å². The molecule has 0 radical (unpaired) electrons. The first kappa shape index (κ1) is 11.7. The van der Waals surface area contributed by atoms with E-state index in [1.165, 1.54) is 18.2 Å². The van der Waals surface area contributed by atoms with Gasteiger partial charge in [-0.25, -0.2) is 0 Å². The summed E-state index contributed by atoms with van der Waals surface area (Å²) in [4.78, 5) is 0. The van der Waals surface area contributed by atoms with Crippen molar-refractivity contribution in [1.29, 1.82) is 0 Å². The number of halogens is 5. The van der Waals surface area contributed by atoms with Crippen LogP contribution in [0, 0.1) is 0 Å². The zero-order valence-corrected chi connectivity index (χ0v) is 9.17. The molecular weight excluding hydrogens is 282 g/mol. The number of hydrogen-bond donors (Lipinski definition) is 1. The van der Waals surface area contributed by atoms with Crippen molar-refractivity contribution in [2.45, 2.75) is 6.18 Å². The Bertz CT molecular complexity index is 327. The maximum Gasteiger partial charge on any atom is 0.405 e. The number of rotatable bonds is 2. The van der Waals surface area contributed by atoms with E-state index in [1.54, 1.807) is 0 Å². The molecule has 0 amide bonds. The lowest BCUT2D eigenvalue weighted by Crippen LogP contribution is -2.21. The molecule has 0 atom stereocenters. The summed E-state index contributed by atoms with van der Waals surface area (Å²) >= 11 is 8.73. The summed E-state index contributed by atoms with van der Waals surface area (Å²) in [6, 6.07) is 4.53. The van der Waals surface area contributed by atoms with Crippen LogP contribution in [0.3, 0.4) is 0 Å². The van der Waals surface area contributed by atoms with Crippen molar-refractivity contribution in [3.8, 4) is 0 Å². The van der Waals surface area contributed by atoms with E-state index in [9.17, 15) is 13.2 Å². The monoisotopic (exact) mass is 287 g/mol. The summed E-state index contributed by atoms with van der Waals surface area (Å²) in [6.45, 7) is -1.06. The summed E-state index contributed by atoms with van der Waals surface area (Å²) in [5, 5.41) is 2.72. The van der Waals surface area contributed by atoms with Crippen molar-refractivity contribution in [3.63, 3.8) is 0 Å². The summed E-state index contributed by atoms with van der Waals surface area (Å²) in [6.07, 6.45) is -4.22. The second-order valence-corrected chi connectivity index (χ2v) is 3.88. The molecule has 1 rings (SSSR count). The van der Waals surface area contributed by atoms with Gasteiger partial charge in [0.1, 0.15) is 6.54 Å². The van der Waals surface area contributed by atoms with Crippen molar-refractivity contribution in [2.24, 2.45) is 0 Å². The standard InChI is InChI=1S/C8H6BrClF3N/c9-6-3-5(10)1-2-7(6)14-4-8(11,12)13/h1-3,14H,4H2. The molecule has 14 heavy (non-hydrogen) atoms. The largest absolute Gasteiger partial charge is 0.405 e. The van der Waals surface area contributed by atoms with Crippen LogP contribution in [-0.4, -0.2) is 12.7 Å². The fourth-order valence-corrected chi connectivity index (χ4v) is 1.65. The highest BCUT2D eigenvalue weighted by atomic mass is 79.9. The highest BCUT2D eigenvalue weighted by Crippen LogP contribution is 2.27. The molecule has 6 heteroatoms. The van der Waals surface area contributed by atoms with Gasteiger partial charge in [-0.3, -0.25) is 0 Å². The molecule has 78 valence electrons. The van der Waals surface area contributed by atoms with Gasteiger partial charge in [0.25, 0.3) is 0 Å². The highest BCUT2D eigenvalue weighted by molar-refractivity contribution is 9.10. The number of nitrogens with one attached hydrogen (secondary N) is 1. The van der Waals surface area contributed by atoms with E-state index < -0.39 is 12.7 Å². The van der Waals surface area contributed by atoms with E-state index in [4.69, 9.17) is 11.6 Å². The van der Waals surface area contributed by atoms with E-state index in [1.807, 2.05) is 0 Å². The Kier molecular flexibility index (Phi) is 3.66. The minimum atomic E-state index is -4.22. The van der Waals surface area contributed by atoms with Gasteiger partial charge >= 0.3 is 6.18 Å². The molecule has 0 aliphatic rings. The summed E-state index contributed by atoms with van der Waals surface area (Å²) in [5.74, 6) is 0. The van der Waals surface area contributed by atoms with Crippen molar-refractivity contribution in [1.82, 2.24) is 0 Å². The van der Waals surface area contributed by atoms with Crippen LogP contribution in [0.1, 0.15) is 0 Å². The van der Waals surface area contributed by atoms with Crippen molar-refractivity contribution in [2.75, 3.05) is 11.9 Å². The predicted octanol–water partition coefficient (Wildman–Crippen LogP) is 4.08. The van der Waals surface area contributed by atoms with Crippen LogP contribution in [0.15, 0.2) is 22.7 Å². The van der Waals surface area contributed by atoms with Crippen LogP contribution < -0.4 is 5.32 Å². The van der Waals surface area contributed by atoms with Gasteiger partial charge in [0.2, 0.25) is 0 Å². The van der Waals surface area contributed by atoms with Crippen LogP contribution in [0.25, 0.3) is 0 Å². The highest BCUT2D eigenvalue weighted by Gasteiger charge is 2.26. The number of anilines is 1. The van der Waals surface area contributed by atoms with Gasteiger partial charge in [0.05, 0.1) is 0 Å². The van der Waals surface area contributed by atoms with Gasteiger partial charge in [0, 0.05) is 15.2 Å². The molecule has 0 heterocycles. The zero-order valence-electron chi connectivity index (χ0n) is 6.83. The Balaban J connectivity index is 2.68. The van der Waals surface area contributed by atoms with E-state index in [0.717, 1.165) is 0 Å². The third-order valence-corrected chi connectivity index (χ3v) is 2.30. The van der Waals surface area contributed by atoms with Crippen LogP contribution >= 0.6 is 27.5 Å². The van der Waals surface area contributed by atoms with Crippen LogP contribution in [0.5, 0.6) is 0 Å². The van der Waals surface area contributed by atoms with E-state index in [0.29, 0.717) is 15.2 Å². The Morgan fingerprint density at radius 3 is 2.50 bits per heavy atom. The number of alkyl halides is 3. The molecule has 0 spiro atoms. The van der Waals surface area contributed by atoms with Crippen molar-refractivity contribution >= 4 is 33.2 Å².